The molecule has 0 atom stereocenters. The summed E-state index contributed by atoms with van der Waals surface area (Å²) in [5, 5.41) is 0. The molecule has 1 aliphatic heterocycles. The summed E-state index contributed by atoms with van der Waals surface area (Å²) < 4.78 is 27.8. The van der Waals surface area contributed by atoms with E-state index in [2.05, 4.69) is 4.99 Å². The number of benzene rings is 1. The number of nitrogens with zero attached hydrogens (tertiary/aromatic N) is 1. The number of allylic oxidation sites excluding steroid dienone is 2. The Hall–Kier alpha value is -1.84. The number of aliphatic imine (C=N–C) groups is 1. The average molecular weight is 305 g/mol. The Morgan fingerprint density at radius 3 is 2.36 bits per heavy atom. The van der Waals surface area contributed by atoms with E-state index >= 15 is 0 Å². The van der Waals surface area contributed by atoms with Crippen LogP contribution in [0, 0.1) is 0 Å². The highest BCUT2D eigenvalue weighted by Gasteiger charge is 2.30. The topological polar surface area (TPSA) is 29.4 Å². The number of ketones is 1. The minimum Gasteiger partial charge on any atom is -0.293 e. The third kappa shape index (κ3) is 3.49. The lowest BCUT2D eigenvalue weighted by Gasteiger charge is -2.19. The third-order valence-corrected chi connectivity index (χ3v) is 3.98. The summed E-state index contributed by atoms with van der Waals surface area (Å²) in [6.45, 7) is 5.13. The molecule has 22 heavy (non-hydrogen) atoms. The molecule has 0 saturated heterocycles. The summed E-state index contributed by atoms with van der Waals surface area (Å²) in [5.74, 6) is -2.78. The largest absolute Gasteiger partial charge is 0.293 e. The molecule has 118 valence electrons. The summed E-state index contributed by atoms with van der Waals surface area (Å²) in [4.78, 5) is 15.7. The standard InChI is InChI=1S/C18H21F2NO/c1-4-11-18(19,20)15-7-5-14(6-8-15)16-9-10-17(13(3)22)21-12(16)2/h5-8H,4,9-11H2,1-3H3. The number of rotatable bonds is 5. The Kier molecular flexibility index (Phi) is 4.89. The minimum atomic E-state index is -2.77. The van der Waals surface area contributed by atoms with Crippen LogP contribution in [0.5, 0.6) is 0 Å². The number of carbonyl (C=O) groups is 1. The van der Waals surface area contributed by atoms with Crippen molar-refractivity contribution in [3.05, 3.63) is 41.1 Å². The first-order chi connectivity index (χ1) is 10.3. The van der Waals surface area contributed by atoms with Crippen molar-refractivity contribution in [2.24, 2.45) is 4.99 Å². The lowest BCUT2D eigenvalue weighted by molar-refractivity contribution is -0.111. The van der Waals surface area contributed by atoms with Gasteiger partial charge in [0.1, 0.15) is 0 Å². The van der Waals surface area contributed by atoms with E-state index in [4.69, 9.17) is 0 Å². The van der Waals surface area contributed by atoms with E-state index < -0.39 is 5.92 Å². The van der Waals surface area contributed by atoms with Gasteiger partial charge in [0.15, 0.2) is 5.78 Å². The van der Waals surface area contributed by atoms with Crippen LogP contribution in [-0.2, 0) is 10.7 Å². The van der Waals surface area contributed by atoms with E-state index in [1.54, 1.807) is 19.1 Å². The van der Waals surface area contributed by atoms with Crippen molar-refractivity contribution in [2.45, 2.75) is 52.4 Å². The molecule has 4 heteroatoms. The van der Waals surface area contributed by atoms with Gasteiger partial charge in [-0.15, -0.1) is 0 Å². The number of carbonyl (C=O) groups excluding carboxylic acids is 1. The number of alkyl halides is 2. The molecule has 1 heterocycles. The number of hydrogen-bond donors (Lipinski definition) is 0. The molecule has 0 aromatic heterocycles. The Morgan fingerprint density at radius 1 is 1.23 bits per heavy atom. The van der Waals surface area contributed by atoms with Crippen LogP contribution in [0.1, 0.15) is 57.6 Å². The van der Waals surface area contributed by atoms with Gasteiger partial charge in [0.2, 0.25) is 0 Å². The molecule has 0 radical (unpaired) electrons. The lowest BCUT2D eigenvalue weighted by Crippen LogP contribution is -2.14. The quantitative estimate of drug-likeness (QED) is 0.741. The fourth-order valence-corrected chi connectivity index (χ4v) is 2.73. The second kappa shape index (κ2) is 6.51. The van der Waals surface area contributed by atoms with Crippen LogP contribution in [0.2, 0.25) is 0 Å². The van der Waals surface area contributed by atoms with Crippen molar-refractivity contribution >= 4 is 17.1 Å². The molecule has 0 saturated carbocycles. The molecule has 0 amide bonds. The van der Waals surface area contributed by atoms with Gasteiger partial charge in [-0.3, -0.25) is 9.79 Å². The normalized spacial score (nSPS) is 15.8. The maximum Gasteiger partial charge on any atom is 0.273 e. The predicted molar refractivity (Wildman–Crippen MR) is 85.2 cm³/mol. The summed E-state index contributed by atoms with van der Waals surface area (Å²) in [5.41, 5.74) is 3.37. The minimum absolute atomic E-state index is 0.00652. The van der Waals surface area contributed by atoms with Crippen molar-refractivity contribution in [2.75, 3.05) is 0 Å². The van der Waals surface area contributed by atoms with E-state index in [-0.39, 0.29) is 17.8 Å². The molecule has 0 aliphatic carbocycles. The van der Waals surface area contributed by atoms with Crippen molar-refractivity contribution < 1.29 is 13.6 Å². The zero-order chi connectivity index (χ0) is 16.3. The molecule has 1 aromatic carbocycles. The molecule has 0 bridgehead atoms. The van der Waals surface area contributed by atoms with Crippen molar-refractivity contribution in [3.8, 4) is 0 Å². The highest BCUT2D eigenvalue weighted by molar-refractivity contribution is 6.39. The average Bonchev–Trinajstić information content (AvgIpc) is 2.47. The van der Waals surface area contributed by atoms with Crippen molar-refractivity contribution in [3.63, 3.8) is 0 Å². The van der Waals surface area contributed by atoms with Gasteiger partial charge in [-0.05, 0) is 30.9 Å². The Balaban J connectivity index is 2.28. The molecule has 2 nitrogen and oxygen atoms in total. The summed E-state index contributed by atoms with van der Waals surface area (Å²) >= 11 is 0. The van der Waals surface area contributed by atoms with Crippen LogP contribution in [0.3, 0.4) is 0 Å². The SMILES string of the molecule is CCCC(F)(F)c1ccc(C2=C(C)N=C(C(C)=O)CC2)cc1. The van der Waals surface area contributed by atoms with Gasteiger partial charge in [-0.2, -0.15) is 0 Å². The maximum absolute atomic E-state index is 13.9. The summed E-state index contributed by atoms with van der Waals surface area (Å²) in [6.07, 6.45) is 1.63. The van der Waals surface area contributed by atoms with Crippen LogP contribution >= 0.6 is 0 Å². The van der Waals surface area contributed by atoms with Gasteiger partial charge in [-0.25, -0.2) is 8.78 Å². The molecule has 0 spiro atoms. The summed E-state index contributed by atoms with van der Waals surface area (Å²) in [6, 6.07) is 6.45. The Morgan fingerprint density at radius 2 is 1.86 bits per heavy atom. The Labute approximate surface area is 130 Å². The van der Waals surface area contributed by atoms with Crippen LogP contribution in [0.25, 0.3) is 5.57 Å². The van der Waals surface area contributed by atoms with Crippen LogP contribution in [-0.4, -0.2) is 11.5 Å². The van der Waals surface area contributed by atoms with E-state index in [1.165, 1.54) is 19.1 Å². The molecular weight excluding hydrogens is 284 g/mol. The van der Waals surface area contributed by atoms with Crippen molar-refractivity contribution in [1.82, 2.24) is 0 Å². The zero-order valence-electron chi connectivity index (χ0n) is 13.2. The van der Waals surface area contributed by atoms with Gasteiger partial charge in [0.05, 0.1) is 5.71 Å². The first kappa shape index (κ1) is 16.5. The lowest BCUT2D eigenvalue weighted by atomic mass is 9.93. The molecule has 0 unspecified atom stereocenters. The maximum atomic E-state index is 13.9. The third-order valence-electron chi connectivity index (χ3n) is 3.98. The van der Waals surface area contributed by atoms with E-state index in [0.717, 1.165) is 23.3 Å². The highest BCUT2D eigenvalue weighted by Crippen LogP contribution is 2.35. The fraction of sp³-hybridized carbons (Fsp3) is 0.444. The van der Waals surface area contributed by atoms with Crippen molar-refractivity contribution in [1.29, 1.82) is 0 Å². The Bertz CT molecular complexity index is 627. The second-order valence-corrected chi connectivity index (χ2v) is 5.71. The van der Waals surface area contributed by atoms with Crippen LogP contribution in [0.4, 0.5) is 8.78 Å². The predicted octanol–water partition coefficient (Wildman–Crippen LogP) is 5.13. The second-order valence-electron chi connectivity index (χ2n) is 5.71. The first-order valence-electron chi connectivity index (χ1n) is 7.62. The fourth-order valence-electron chi connectivity index (χ4n) is 2.73. The summed E-state index contributed by atoms with van der Waals surface area (Å²) in [7, 11) is 0. The van der Waals surface area contributed by atoms with E-state index in [1.807, 2.05) is 6.92 Å². The number of hydrogen-bond acceptors (Lipinski definition) is 2. The van der Waals surface area contributed by atoms with Gasteiger partial charge in [0.25, 0.3) is 5.92 Å². The zero-order valence-corrected chi connectivity index (χ0v) is 13.2. The monoisotopic (exact) mass is 305 g/mol. The van der Waals surface area contributed by atoms with E-state index in [9.17, 15) is 13.6 Å². The van der Waals surface area contributed by atoms with E-state index in [0.29, 0.717) is 18.6 Å². The number of Topliss-reactive ketones (excluding diaryl/α,β-unsaturated/α-hetero) is 1. The van der Waals surface area contributed by atoms with Gasteiger partial charge >= 0.3 is 0 Å². The van der Waals surface area contributed by atoms with Gasteiger partial charge in [0, 0.05) is 24.6 Å². The molecular formula is C18H21F2NO. The van der Waals surface area contributed by atoms with Gasteiger partial charge in [-0.1, -0.05) is 37.6 Å². The molecule has 2 rings (SSSR count). The van der Waals surface area contributed by atoms with Crippen LogP contribution < -0.4 is 0 Å². The van der Waals surface area contributed by atoms with Crippen LogP contribution in [0.15, 0.2) is 35.0 Å². The first-order valence-corrected chi connectivity index (χ1v) is 7.62. The number of halogens is 2. The molecule has 0 N–H and O–H groups in total. The highest BCUT2D eigenvalue weighted by atomic mass is 19.3. The molecule has 1 aromatic rings. The molecule has 0 fully saturated rings. The smallest absolute Gasteiger partial charge is 0.273 e. The molecule has 1 aliphatic rings. The van der Waals surface area contributed by atoms with Gasteiger partial charge < -0.3 is 0 Å².